The monoisotopic (exact) mass is 430 g/mol. The normalized spacial score (nSPS) is 13.3. The topological polar surface area (TPSA) is 80.8 Å². The molecule has 1 aliphatic rings. The number of nitrogens with zero attached hydrogens (tertiary/aromatic N) is 4. The van der Waals surface area contributed by atoms with Gasteiger partial charge in [0.1, 0.15) is 7.05 Å². The van der Waals surface area contributed by atoms with E-state index in [0.717, 1.165) is 28.3 Å². The molecule has 1 N–H and O–H groups in total. The van der Waals surface area contributed by atoms with Gasteiger partial charge in [-0.3, -0.25) is 9.59 Å². The molecule has 3 heterocycles. The second kappa shape index (κ2) is 7.96. The maximum absolute atomic E-state index is 12.9. The molecule has 5 rings (SSSR count). The van der Waals surface area contributed by atoms with Crippen LogP contribution in [0.3, 0.4) is 0 Å². The molecule has 8 heteroatoms. The lowest BCUT2D eigenvalue weighted by molar-refractivity contribution is -0.673. The van der Waals surface area contributed by atoms with Gasteiger partial charge in [0.15, 0.2) is 23.7 Å². The van der Waals surface area contributed by atoms with Crippen LogP contribution >= 0.6 is 11.8 Å². The Bertz CT molecular complexity index is 1360. The minimum Gasteiger partial charge on any atom is -0.348 e. The third kappa shape index (κ3) is 4.06. The zero-order chi connectivity index (χ0) is 21.4. The van der Waals surface area contributed by atoms with Gasteiger partial charge in [-0.1, -0.05) is 17.8 Å². The number of aryl methyl sites for hydroxylation is 1. The molecular formula is C23H20N5O2S+. The largest absolute Gasteiger partial charge is 0.348 e. The molecule has 154 valence electrons. The lowest BCUT2D eigenvalue weighted by Gasteiger charge is -2.12. The van der Waals surface area contributed by atoms with Crippen molar-refractivity contribution >= 4 is 28.7 Å². The van der Waals surface area contributed by atoms with Crippen molar-refractivity contribution in [1.29, 1.82) is 0 Å². The Hall–Kier alpha value is -3.52. The molecule has 0 spiro atoms. The molecule has 0 saturated heterocycles. The van der Waals surface area contributed by atoms with Gasteiger partial charge in [0.25, 0.3) is 5.91 Å². The zero-order valence-electron chi connectivity index (χ0n) is 16.9. The average molecular weight is 431 g/mol. The number of aromatic nitrogens is 4. The number of hydrogen-bond acceptors (Lipinski definition) is 5. The fraction of sp³-hybridized carbons (Fsp3) is 0.174. The lowest BCUT2D eigenvalue weighted by Crippen LogP contribution is -2.33. The molecule has 0 aliphatic heterocycles. The number of hydrogen-bond donors (Lipinski definition) is 1. The highest BCUT2D eigenvalue weighted by atomic mass is 32.2. The van der Waals surface area contributed by atoms with Crippen molar-refractivity contribution in [3.8, 4) is 5.69 Å². The van der Waals surface area contributed by atoms with Gasteiger partial charge in [0.2, 0.25) is 5.43 Å². The summed E-state index contributed by atoms with van der Waals surface area (Å²) >= 11 is 1.62. The summed E-state index contributed by atoms with van der Waals surface area (Å²) in [6.07, 6.45) is 7.52. The Morgan fingerprint density at radius 2 is 2.00 bits per heavy atom. The highest BCUT2D eigenvalue weighted by molar-refractivity contribution is 7.99. The second-order valence-electron chi connectivity index (χ2n) is 7.52. The molecule has 0 unspecified atom stereocenters. The van der Waals surface area contributed by atoms with Gasteiger partial charge >= 0.3 is 0 Å². The molecule has 0 radical (unpaired) electrons. The van der Waals surface area contributed by atoms with Gasteiger partial charge in [-0.25, -0.2) is 14.2 Å². The second-order valence-corrected chi connectivity index (χ2v) is 8.66. The maximum atomic E-state index is 12.9. The highest BCUT2D eigenvalue weighted by Crippen LogP contribution is 2.28. The van der Waals surface area contributed by atoms with Crippen LogP contribution in [0.5, 0.6) is 0 Å². The smallest absolute Gasteiger partial charge is 0.276 e. The quantitative estimate of drug-likeness (QED) is 0.493. The Kier molecular flexibility index (Phi) is 4.99. The van der Waals surface area contributed by atoms with E-state index in [1.807, 2.05) is 60.4 Å². The van der Waals surface area contributed by atoms with E-state index in [2.05, 4.69) is 15.4 Å². The van der Waals surface area contributed by atoms with Crippen LogP contribution in [0, 0.1) is 0 Å². The molecular weight excluding hydrogens is 410 g/mol. The van der Waals surface area contributed by atoms with Crippen molar-refractivity contribution < 1.29 is 9.36 Å². The van der Waals surface area contributed by atoms with Gasteiger partial charge < -0.3 is 5.32 Å². The van der Waals surface area contributed by atoms with Crippen molar-refractivity contribution in [2.24, 2.45) is 7.05 Å². The van der Waals surface area contributed by atoms with E-state index < -0.39 is 11.3 Å². The van der Waals surface area contributed by atoms with Crippen LogP contribution in [0.25, 0.3) is 16.7 Å². The van der Waals surface area contributed by atoms with Crippen LogP contribution in [0.4, 0.5) is 0 Å². The number of carbonyl (C=O) groups is 1. The van der Waals surface area contributed by atoms with Crippen molar-refractivity contribution in [2.45, 2.75) is 28.7 Å². The van der Waals surface area contributed by atoms with Gasteiger partial charge in [-0.2, -0.15) is 5.10 Å². The standard InChI is InChI=1S/C23H19N5O2S/c1-27-12-4-7-18(14-27)31-17-6-2-5-16(13-17)28-22-19(8-3-11-24-22)21(29)20(26-28)23(30)25-15-9-10-15/h2-8,11-15H,9-10H2,1H3/p+1. The average Bonchev–Trinajstić information content (AvgIpc) is 3.58. The van der Waals surface area contributed by atoms with E-state index >= 15 is 0 Å². The van der Waals surface area contributed by atoms with E-state index in [0.29, 0.717) is 11.0 Å². The molecule has 0 atom stereocenters. The molecule has 1 amide bonds. The maximum Gasteiger partial charge on any atom is 0.276 e. The molecule has 7 nitrogen and oxygen atoms in total. The number of nitrogens with one attached hydrogen (secondary N) is 1. The van der Waals surface area contributed by atoms with Gasteiger partial charge in [-0.15, -0.1) is 0 Å². The van der Waals surface area contributed by atoms with Gasteiger partial charge in [-0.05, 0) is 49.2 Å². The van der Waals surface area contributed by atoms with Crippen LogP contribution in [0.2, 0.25) is 0 Å². The Morgan fingerprint density at radius 3 is 2.81 bits per heavy atom. The summed E-state index contributed by atoms with van der Waals surface area (Å²) in [5.41, 5.74) is 0.638. The molecule has 0 bridgehead atoms. The van der Waals surface area contributed by atoms with Crippen LogP contribution in [0.15, 0.2) is 81.7 Å². The number of pyridine rings is 2. The lowest BCUT2D eigenvalue weighted by atomic mass is 10.2. The SMILES string of the molecule is C[n+]1cccc(Sc2cccc(-n3nc(C(=O)NC4CC4)c(=O)c4cccnc43)c2)c1. The molecule has 1 fully saturated rings. The number of amides is 1. The number of fused-ring (bicyclic) bond motifs is 1. The summed E-state index contributed by atoms with van der Waals surface area (Å²) in [5.74, 6) is -0.436. The van der Waals surface area contributed by atoms with Crippen molar-refractivity contribution in [1.82, 2.24) is 20.1 Å². The summed E-state index contributed by atoms with van der Waals surface area (Å²) in [7, 11) is 1.98. The fourth-order valence-electron chi connectivity index (χ4n) is 3.31. The fourth-order valence-corrected chi connectivity index (χ4v) is 4.27. The van der Waals surface area contributed by atoms with Crippen molar-refractivity contribution in [3.63, 3.8) is 0 Å². The van der Waals surface area contributed by atoms with Crippen molar-refractivity contribution in [2.75, 3.05) is 0 Å². The predicted molar refractivity (Wildman–Crippen MR) is 117 cm³/mol. The minimum atomic E-state index is -0.436. The highest BCUT2D eigenvalue weighted by Gasteiger charge is 2.27. The Morgan fingerprint density at radius 1 is 1.16 bits per heavy atom. The third-order valence-corrected chi connectivity index (χ3v) is 5.95. The van der Waals surface area contributed by atoms with E-state index in [-0.39, 0.29) is 11.7 Å². The van der Waals surface area contributed by atoms with E-state index in [1.54, 1.807) is 34.8 Å². The van der Waals surface area contributed by atoms with Crippen LogP contribution in [0.1, 0.15) is 23.3 Å². The number of carbonyl (C=O) groups excluding carboxylic acids is 1. The summed E-state index contributed by atoms with van der Waals surface area (Å²) in [4.78, 5) is 32.1. The molecule has 31 heavy (non-hydrogen) atoms. The zero-order valence-corrected chi connectivity index (χ0v) is 17.7. The molecule has 3 aromatic heterocycles. The van der Waals surface area contributed by atoms with Crippen molar-refractivity contribution in [3.05, 3.63) is 83.0 Å². The number of rotatable bonds is 5. The van der Waals surface area contributed by atoms with E-state index in [1.165, 1.54) is 0 Å². The summed E-state index contributed by atoms with van der Waals surface area (Å²) < 4.78 is 3.57. The molecule has 1 saturated carbocycles. The Labute approximate surface area is 182 Å². The van der Waals surface area contributed by atoms with Gasteiger partial charge in [0, 0.05) is 23.2 Å². The predicted octanol–water partition coefficient (Wildman–Crippen LogP) is 2.65. The van der Waals surface area contributed by atoms with Crippen LogP contribution < -0.4 is 15.3 Å². The summed E-state index contributed by atoms with van der Waals surface area (Å²) in [6, 6.07) is 15.4. The first kappa shape index (κ1) is 19.4. The first-order chi connectivity index (χ1) is 15.1. The summed E-state index contributed by atoms with van der Waals surface area (Å²) in [6.45, 7) is 0. The third-order valence-electron chi connectivity index (χ3n) is 4.99. The van der Waals surface area contributed by atoms with E-state index in [9.17, 15) is 9.59 Å². The summed E-state index contributed by atoms with van der Waals surface area (Å²) in [5, 5.41) is 7.66. The Balaban J connectivity index is 1.60. The number of benzene rings is 1. The van der Waals surface area contributed by atoms with Crippen LogP contribution in [-0.2, 0) is 7.05 Å². The molecule has 4 aromatic rings. The first-order valence-corrected chi connectivity index (χ1v) is 10.8. The molecule has 1 aromatic carbocycles. The first-order valence-electron chi connectivity index (χ1n) is 10.0. The van der Waals surface area contributed by atoms with E-state index in [4.69, 9.17) is 0 Å². The van der Waals surface area contributed by atoms with Crippen LogP contribution in [-0.4, -0.2) is 26.7 Å². The minimum absolute atomic E-state index is 0.111. The molecule has 1 aliphatic carbocycles. The van der Waals surface area contributed by atoms with Gasteiger partial charge in [0.05, 0.1) is 16.0 Å².